The molecule has 0 bridgehead atoms. The van der Waals surface area contributed by atoms with Crippen LogP contribution in [0.3, 0.4) is 0 Å². The Morgan fingerprint density at radius 1 is 1.23 bits per heavy atom. The molecule has 180 valence electrons. The van der Waals surface area contributed by atoms with Crippen LogP contribution in [0.2, 0.25) is 0 Å². The standard InChI is InChI=1S/C25H23F2N5O3/c1-15(2)35-22-6-4-17(12-30-22)16-3-5-21-20(9-16)19(7-8-29-21)24(34)31-13-23(33)32-14-25(26,27)10-18(32)11-28/h3-9,12,15,18H,10,13-14H2,1-2H3,(H,31,34). The molecule has 0 saturated carbocycles. The number of alkyl halides is 2. The van der Waals surface area contributed by atoms with Crippen molar-refractivity contribution in [2.45, 2.75) is 38.3 Å². The highest BCUT2D eigenvalue weighted by molar-refractivity contribution is 6.07. The van der Waals surface area contributed by atoms with Crippen molar-refractivity contribution in [1.29, 1.82) is 5.26 Å². The molecule has 0 spiro atoms. The number of pyridine rings is 2. The molecule has 3 aromatic rings. The normalized spacial score (nSPS) is 16.8. The molecule has 1 fully saturated rings. The van der Waals surface area contributed by atoms with Crippen molar-refractivity contribution in [1.82, 2.24) is 20.2 Å². The molecule has 35 heavy (non-hydrogen) atoms. The highest BCUT2D eigenvalue weighted by Gasteiger charge is 2.47. The predicted molar refractivity (Wildman–Crippen MR) is 124 cm³/mol. The molecule has 0 aliphatic carbocycles. The van der Waals surface area contributed by atoms with E-state index in [9.17, 15) is 18.4 Å². The number of hydrogen-bond donors (Lipinski definition) is 1. The van der Waals surface area contributed by atoms with Crippen molar-refractivity contribution in [3.8, 4) is 23.1 Å². The van der Waals surface area contributed by atoms with Gasteiger partial charge in [-0.05, 0) is 43.7 Å². The number of benzene rings is 1. The fourth-order valence-corrected chi connectivity index (χ4v) is 3.93. The smallest absolute Gasteiger partial charge is 0.268 e. The highest BCUT2D eigenvalue weighted by Crippen LogP contribution is 2.31. The third-order valence-electron chi connectivity index (χ3n) is 5.55. The molecule has 1 aromatic carbocycles. The number of fused-ring (bicyclic) bond motifs is 1. The fourth-order valence-electron chi connectivity index (χ4n) is 3.93. The zero-order chi connectivity index (χ0) is 25.2. The number of hydrogen-bond acceptors (Lipinski definition) is 6. The Morgan fingerprint density at radius 3 is 2.69 bits per heavy atom. The Labute approximate surface area is 200 Å². The minimum Gasteiger partial charge on any atom is -0.475 e. The van der Waals surface area contributed by atoms with Crippen LogP contribution in [0, 0.1) is 11.3 Å². The summed E-state index contributed by atoms with van der Waals surface area (Å²) in [5.74, 6) is -3.91. The van der Waals surface area contributed by atoms with Crippen molar-refractivity contribution in [2.75, 3.05) is 13.1 Å². The molecule has 1 atom stereocenters. The van der Waals surface area contributed by atoms with Gasteiger partial charge in [-0.1, -0.05) is 6.07 Å². The van der Waals surface area contributed by atoms with Crippen molar-refractivity contribution in [3.05, 3.63) is 54.4 Å². The average molecular weight is 479 g/mol. The van der Waals surface area contributed by atoms with E-state index >= 15 is 0 Å². The van der Waals surface area contributed by atoms with Gasteiger partial charge in [-0.3, -0.25) is 14.6 Å². The van der Waals surface area contributed by atoms with Crippen molar-refractivity contribution < 1.29 is 23.1 Å². The third kappa shape index (κ3) is 5.35. The van der Waals surface area contributed by atoms with Gasteiger partial charge in [0.2, 0.25) is 11.8 Å². The van der Waals surface area contributed by atoms with E-state index in [4.69, 9.17) is 10.00 Å². The SMILES string of the molecule is CC(C)Oc1ccc(-c2ccc3nccc(C(=O)NCC(=O)N4CC(F)(F)CC4C#N)c3c2)cn1. The van der Waals surface area contributed by atoms with Gasteiger partial charge in [0, 0.05) is 35.8 Å². The van der Waals surface area contributed by atoms with Gasteiger partial charge in [0.25, 0.3) is 11.8 Å². The Kier molecular flexibility index (Phi) is 6.60. The topological polar surface area (TPSA) is 108 Å². The number of likely N-dealkylation sites (tertiary alicyclic amines) is 1. The van der Waals surface area contributed by atoms with Crippen LogP contribution in [0.4, 0.5) is 8.78 Å². The number of halogens is 2. The summed E-state index contributed by atoms with van der Waals surface area (Å²) in [7, 11) is 0. The number of nitrogens with one attached hydrogen (secondary N) is 1. The average Bonchev–Trinajstić information content (AvgIpc) is 3.16. The van der Waals surface area contributed by atoms with E-state index in [1.54, 1.807) is 30.5 Å². The first-order valence-corrected chi connectivity index (χ1v) is 11.0. The van der Waals surface area contributed by atoms with Crippen LogP contribution >= 0.6 is 0 Å². The van der Waals surface area contributed by atoms with E-state index in [2.05, 4.69) is 15.3 Å². The van der Waals surface area contributed by atoms with Crippen LogP contribution in [-0.2, 0) is 4.79 Å². The summed E-state index contributed by atoms with van der Waals surface area (Å²) in [4.78, 5) is 34.7. The fraction of sp³-hybridized carbons (Fsp3) is 0.320. The lowest BCUT2D eigenvalue weighted by molar-refractivity contribution is -0.131. The molecule has 1 aliphatic rings. The van der Waals surface area contributed by atoms with Crippen LogP contribution in [0.25, 0.3) is 22.0 Å². The van der Waals surface area contributed by atoms with Crippen LogP contribution < -0.4 is 10.1 Å². The lowest BCUT2D eigenvalue weighted by Gasteiger charge is -2.19. The Morgan fingerprint density at radius 2 is 2.00 bits per heavy atom. The molecule has 1 unspecified atom stereocenters. The van der Waals surface area contributed by atoms with Crippen LogP contribution in [-0.4, -0.2) is 57.8 Å². The van der Waals surface area contributed by atoms with Crippen molar-refractivity contribution in [2.24, 2.45) is 0 Å². The zero-order valence-electron chi connectivity index (χ0n) is 19.2. The second-order valence-electron chi connectivity index (χ2n) is 8.55. The molecule has 3 heterocycles. The van der Waals surface area contributed by atoms with Gasteiger partial charge in [0.1, 0.15) is 6.04 Å². The number of rotatable bonds is 6. The van der Waals surface area contributed by atoms with Crippen LogP contribution in [0.15, 0.2) is 48.8 Å². The van der Waals surface area contributed by atoms with E-state index in [-0.39, 0.29) is 11.7 Å². The summed E-state index contributed by atoms with van der Waals surface area (Å²) in [6.07, 6.45) is 2.44. The second kappa shape index (κ2) is 9.62. The van der Waals surface area contributed by atoms with Crippen molar-refractivity contribution in [3.63, 3.8) is 0 Å². The molecule has 1 aliphatic heterocycles. The largest absolute Gasteiger partial charge is 0.475 e. The predicted octanol–water partition coefficient (Wildman–Crippen LogP) is 3.57. The van der Waals surface area contributed by atoms with Crippen molar-refractivity contribution >= 4 is 22.7 Å². The quantitative estimate of drug-likeness (QED) is 0.579. The summed E-state index contributed by atoms with van der Waals surface area (Å²) in [5, 5.41) is 12.1. The van der Waals surface area contributed by atoms with E-state index in [0.717, 1.165) is 16.0 Å². The summed E-state index contributed by atoms with van der Waals surface area (Å²) in [5.41, 5.74) is 2.46. The maximum absolute atomic E-state index is 13.6. The lowest BCUT2D eigenvalue weighted by Crippen LogP contribution is -2.43. The minimum atomic E-state index is -3.12. The van der Waals surface area contributed by atoms with Gasteiger partial charge < -0.3 is 15.0 Å². The van der Waals surface area contributed by atoms with E-state index in [1.807, 2.05) is 26.0 Å². The Balaban J connectivity index is 1.52. The molecule has 10 heteroatoms. The van der Waals surface area contributed by atoms with Gasteiger partial charge in [-0.2, -0.15) is 5.26 Å². The first kappa shape index (κ1) is 24.0. The Bertz CT molecular complexity index is 1300. The number of amides is 2. The third-order valence-corrected chi connectivity index (χ3v) is 5.55. The summed E-state index contributed by atoms with van der Waals surface area (Å²) in [6, 6.07) is 11.1. The second-order valence-corrected chi connectivity index (χ2v) is 8.55. The number of nitriles is 1. The molecular weight excluding hydrogens is 456 g/mol. The highest BCUT2D eigenvalue weighted by atomic mass is 19.3. The number of aromatic nitrogens is 2. The molecule has 0 radical (unpaired) electrons. The summed E-state index contributed by atoms with van der Waals surface area (Å²) >= 11 is 0. The summed E-state index contributed by atoms with van der Waals surface area (Å²) in [6.45, 7) is 2.48. The maximum Gasteiger partial charge on any atom is 0.268 e. The zero-order valence-corrected chi connectivity index (χ0v) is 19.2. The first-order chi connectivity index (χ1) is 16.7. The molecular formula is C25H23F2N5O3. The van der Waals surface area contributed by atoms with Gasteiger partial charge in [-0.15, -0.1) is 0 Å². The number of nitrogens with zero attached hydrogens (tertiary/aromatic N) is 4. The number of carbonyl (C=O) groups is 2. The Hall–Kier alpha value is -4.13. The van der Waals surface area contributed by atoms with Gasteiger partial charge in [0.05, 0.1) is 36.3 Å². The molecule has 2 amide bonds. The summed E-state index contributed by atoms with van der Waals surface area (Å²) < 4.78 is 32.8. The first-order valence-electron chi connectivity index (χ1n) is 11.0. The van der Waals surface area contributed by atoms with E-state index in [0.29, 0.717) is 16.8 Å². The molecule has 8 nitrogen and oxygen atoms in total. The molecule has 1 saturated heterocycles. The van der Waals surface area contributed by atoms with E-state index < -0.39 is 43.3 Å². The van der Waals surface area contributed by atoms with Gasteiger partial charge in [0.15, 0.2) is 0 Å². The molecule has 1 N–H and O–H groups in total. The van der Waals surface area contributed by atoms with Gasteiger partial charge >= 0.3 is 0 Å². The maximum atomic E-state index is 13.6. The van der Waals surface area contributed by atoms with Crippen LogP contribution in [0.5, 0.6) is 5.88 Å². The number of ether oxygens (including phenoxy) is 1. The van der Waals surface area contributed by atoms with Crippen LogP contribution in [0.1, 0.15) is 30.6 Å². The minimum absolute atomic E-state index is 0.000733. The molecule has 4 rings (SSSR count). The monoisotopic (exact) mass is 479 g/mol. The number of carbonyl (C=O) groups excluding carboxylic acids is 2. The van der Waals surface area contributed by atoms with Gasteiger partial charge in [-0.25, -0.2) is 13.8 Å². The lowest BCUT2D eigenvalue weighted by atomic mass is 10.0. The molecule has 2 aromatic heterocycles. The van der Waals surface area contributed by atoms with E-state index in [1.165, 1.54) is 12.3 Å².